The molecule has 3 rings (SSSR count). The van der Waals surface area contributed by atoms with E-state index in [1.807, 2.05) is 29.0 Å². The second-order valence-corrected chi connectivity index (χ2v) is 6.55. The van der Waals surface area contributed by atoms with Crippen molar-refractivity contribution in [3.05, 3.63) is 30.6 Å². The highest BCUT2D eigenvalue weighted by Crippen LogP contribution is 2.22. The molecule has 0 saturated carbocycles. The van der Waals surface area contributed by atoms with Gasteiger partial charge in [0.2, 0.25) is 11.8 Å². The van der Waals surface area contributed by atoms with Crippen molar-refractivity contribution in [2.45, 2.75) is 38.6 Å². The summed E-state index contributed by atoms with van der Waals surface area (Å²) in [5.41, 5.74) is 0. The summed E-state index contributed by atoms with van der Waals surface area (Å²) in [6, 6.07) is 1.59. The van der Waals surface area contributed by atoms with Crippen LogP contribution >= 0.6 is 0 Å². The minimum atomic E-state index is -0.249. The summed E-state index contributed by atoms with van der Waals surface area (Å²) in [6.07, 6.45) is 11.0. The second-order valence-electron chi connectivity index (χ2n) is 6.55. The van der Waals surface area contributed by atoms with Gasteiger partial charge in [0.25, 0.3) is 0 Å². The Morgan fingerprint density at radius 2 is 1.83 bits per heavy atom. The third kappa shape index (κ3) is 3.52. The van der Waals surface area contributed by atoms with E-state index in [4.69, 9.17) is 0 Å². The number of carbonyl (C=O) groups is 2. The standard InChI is InChI=1S/C18H26N4O2/c1-2-16(22-12-5-9-19-22)18(24)21-11-6-10-20(13-14-21)17(23)15-7-3-4-8-15/h3-5,9,12,15-16H,2,6-8,10-11,13-14H2,1H3. The lowest BCUT2D eigenvalue weighted by Crippen LogP contribution is -2.41. The number of hydrogen-bond acceptors (Lipinski definition) is 3. The smallest absolute Gasteiger partial charge is 0.247 e. The third-order valence-corrected chi connectivity index (χ3v) is 4.99. The molecule has 2 aliphatic rings. The number of allylic oxidation sites excluding steroid dienone is 2. The van der Waals surface area contributed by atoms with Crippen LogP contribution in [0.15, 0.2) is 30.6 Å². The fraction of sp³-hybridized carbons (Fsp3) is 0.611. The van der Waals surface area contributed by atoms with Gasteiger partial charge in [0.15, 0.2) is 0 Å². The zero-order valence-electron chi connectivity index (χ0n) is 14.3. The maximum atomic E-state index is 12.9. The van der Waals surface area contributed by atoms with E-state index in [1.54, 1.807) is 10.9 Å². The van der Waals surface area contributed by atoms with E-state index >= 15 is 0 Å². The van der Waals surface area contributed by atoms with Crippen molar-refractivity contribution in [1.82, 2.24) is 19.6 Å². The quantitative estimate of drug-likeness (QED) is 0.792. The Hall–Kier alpha value is -2.11. The van der Waals surface area contributed by atoms with Crippen LogP contribution in [0.3, 0.4) is 0 Å². The molecule has 6 heteroatoms. The maximum Gasteiger partial charge on any atom is 0.247 e. The highest BCUT2D eigenvalue weighted by molar-refractivity contribution is 5.81. The topological polar surface area (TPSA) is 58.4 Å². The summed E-state index contributed by atoms with van der Waals surface area (Å²) in [5.74, 6) is 0.464. The Balaban J connectivity index is 1.60. The summed E-state index contributed by atoms with van der Waals surface area (Å²) in [7, 11) is 0. The van der Waals surface area contributed by atoms with Crippen LogP contribution < -0.4 is 0 Å². The van der Waals surface area contributed by atoms with E-state index in [0.717, 1.165) is 25.8 Å². The molecule has 0 N–H and O–H groups in total. The Morgan fingerprint density at radius 3 is 2.50 bits per heavy atom. The molecular formula is C18H26N4O2. The van der Waals surface area contributed by atoms with Gasteiger partial charge in [0, 0.05) is 44.5 Å². The zero-order chi connectivity index (χ0) is 16.9. The largest absolute Gasteiger partial charge is 0.341 e. The van der Waals surface area contributed by atoms with Crippen LogP contribution in [-0.2, 0) is 9.59 Å². The predicted molar refractivity (Wildman–Crippen MR) is 91.2 cm³/mol. The molecule has 1 fully saturated rings. The van der Waals surface area contributed by atoms with Gasteiger partial charge in [-0.05, 0) is 31.7 Å². The average Bonchev–Trinajstić information content (AvgIpc) is 3.25. The van der Waals surface area contributed by atoms with Crippen LogP contribution in [0.5, 0.6) is 0 Å². The number of aromatic nitrogens is 2. The van der Waals surface area contributed by atoms with Crippen molar-refractivity contribution in [3.63, 3.8) is 0 Å². The first-order chi connectivity index (χ1) is 11.7. The van der Waals surface area contributed by atoms with Crippen molar-refractivity contribution in [2.24, 2.45) is 5.92 Å². The molecule has 1 aliphatic carbocycles. The van der Waals surface area contributed by atoms with E-state index in [2.05, 4.69) is 17.3 Å². The number of nitrogens with zero attached hydrogens (tertiary/aromatic N) is 4. The van der Waals surface area contributed by atoms with Crippen molar-refractivity contribution in [1.29, 1.82) is 0 Å². The number of amides is 2. The van der Waals surface area contributed by atoms with Crippen LogP contribution in [0.25, 0.3) is 0 Å². The number of rotatable bonds is 4. The van der Waals surface area contributed by atoms with Crippen molar-refractivity contribution in [2.75, 3.05) is 26.2 Å². The summed E-state index contributed by atoms with van der Waals surface area (Å²) >= 11 is 0. The van der Waals surface area contributed by atoms with Crippen LogP contribution in [-0.4, -0.2) is 57.6 Å². The van der Waals surface area contributed by atoms with Gasteiger partial charge in [0.1, 0.15) is 6.04 Å². The lowest BCUT2D eigenvalue weighted by molar-refractivity contribution is -0.137. The zero-order valence-corrected chi connectivity index (χ0v) is 14.3. The van der Waals surface area contributed by atoms with Crippen LogP contribution in [0.2, 0.25) is 0 Å². The summed E-state index contributed by atoms with van der Waals surface area (Å²) in [5, 5.41) is 4.22. The van der Waals surface area contributed by atoms with Crippen LogP contribution in [0.1, 0.15) is 38.6 Å². The van der Waals surface area contributed by atoms with E-state index in [0.29, 0.717) is 26.1 Å². The monoisotopic (exact) mass is 330 g/mol. The van der Waals surface area contributed by atoms with E-state index in [9.17, 15) is 9.59 Å². The molecule has 0 bridgehead atoms. The highest BCUT2D eigenvalue weighted by atomic mass is 16.2. The second kappa shape index (κ2) is 7.64. The fourth-order valence-corrected chi connectivity index (χ4v) is 3.59. The highest BCUT2D eigenvalue weighted by Gasteiger charge is 2.30. The van der Waals surface area contributed by atoms with E-state index in [1.165, 1.54) is 0 Å². The average molecular weight is 330 g/mol. The normalized spacial score (nSPS) is 20.2. The molecule has 1 aromatic heterocycles. The molecule has 1 unspecified atom stereocenters. The fourth-order valence-electron chi connectivity index (χ4n) is 3.59. The van der Waals surface area contributed by atoms with Gasteiger partial charge >= 0.3 is 0 Å². The summed E-state index contributed by atoms with van der Waals surface area (Å²) < 4.78 is 1.74. The maximum absolute atomic E-state index is 12.9. The van der Waals surface area contributed by atoms with E-state index < -0.39 is 0 Å². The molecule has 2 heterocycles. The Bertz CT molecular complexity index is 588. The Morgan fingerprint density at radius 1 is 1.12 bits per heavy atom. The molecular weight excluding hydrogens is 304 g/mol. The molecule has 1 atom stereocenters. The molecule has 0 spiro atoms. The van der Waals surface area contributed by atoms with Gasteiger partial charge in [0.05, 0.1) is 0 Å². The minimum Gasteiger partial charge on any atom is -0.341 e. The van der Waals surface area contributed by atoms with Gasteiger partial charge in [-0.1, -0.05) is 19.1 Å². The van der Waals surface area contributed by atoms with Gasteiger partial charge in [-0.2, -0.15) is 5.10 Å². The first-order valence-electron chi connectivity index (χ1n) is 8.92. The molecule has 2 amide bonds. The molecule has 1 aliphatic heterocycles. The van der Waals surface area contributed by atoms with Gasteiger partial charge in [-0.3, -0.25) is 14.3 Å². The first kappa shape index (κ1) is 16.7. The third-order valence-electron chi connectivity index (χ3n) is 4.99. The SMILES string of the molecule is CCC(C(=O)N1CCCN(C(=O)C2CC=CC2)CC1)n1cccn1. The molecule has 0 aromatic carbocycles. The summed E-state index contributed by atoms with van der Waals surface area (Å²) in [4.78, 5) is 29.3. The van der Waals surface area contributed by atoms with Crippen molar-refractivity contribution in [3.8, 4) is 0 Å². The summed E-state index contributed by atoms with van der Waals surface area (Å²) in [6.45, 7) is 4.71. The number of hydrogen-bond donors (Lipinski definition) is 0. The van der Waals surface area contributed by atoms with E-state index in [-0.39, 0.29) is 23.8 Å². The van der Waals surface area contributed by atoms with Gasteiger partial charge in [-0.15, -0.1) is 0 Å². The molecule has 24 heavy (non-hydrogen) atoms. The molecule has 6 nitrogen and oxygen atoms in total. The molecule has 0 radical (unpaired) electrons. The Kier molecular flexibility index (Phi) is 5.33. The number of carbonyl (C=O) groups excluding carboxylic acids is 2. The van der Waals surface area contributed by atoms with Gasteiger partial charge in [-0.25, -0.2) is 0 Å². The molecule has 1 aromatic rings. The molecule has 1 saturated heterocycles. The lowest BCUT2D eigenvalue weighted by atomic mass is 10.1. The Labute approximate surface area is 143 Å². The minimum absolute atomic E-state index is 0.109. The van der Waals surface area contributed by atoms with Crippen LogP contribution in [0, 0.1) is 5.92 Å². The van der Waals surface area contributed by atoms with Crippen molar-refractivity contribution >= 4 is 11.8 Å². The first-order valence-corrected chi connectivity index (χ1v) is 8.92. The molecule has 130 valence electrons. The predicted octanol–water partition coefficient (Wildman–Crippen LogP) is 1.86. The lowest BCUT2D eigenvalue weighted by Gasteiger charge is -2.26. The van der Waals surface area contributed by atoms with Crippen LogP contribution in [0.4, 0.5) is 0 Å². The van der Waals surface area contributed by atoms with Gasteiger partial charge < -0.3 is 9.80 Å². The van der Waals surface area contributed by atoms with Crippen molar-refractivity contribution < 1.29 is 9.59 Å².